The molecule has 0 N–H and O–H groups in total. The van der Waals surface area contributed by atoms with Gasteiger partial charge in [0.2, 0.25) is 0 Å². The zero-order chi connectivity index (χ0) is 3.58. The average Bonchev–Trinajstić information content (AvgIpc) is 0.811. The summed E-state index contributed by atoms with van der Waals surface area (Å²) in [5.74, 6) is 0. The van der Waals surface area contributed by atoms with Crippen molar-refractivity contribution in [3.05, 3.63) is 0 Å². The first-order valence-electron chi connectivity index (χ1n) is 0.732. The molecule has 3 heteroatoms. The Hall–Kier alpha value is 1.71. The molecule has 0 atom stereocenters. The second-order valence-electron chi connectivity index (χ2n) is 0.339. The number of halogens is 2. The van der Waals surface area contributed by atoms with E-state index in [-0.39, 0.29) is 0 Å². The van der Waals surface area contributed by atoms with Gasteiger partial charge in [0.1, 0.15) is 0 Å². The first kappa shape index (κ1) is 5.71. The molecule has 0 radical (unpaired) electrons. The molecule has 24 valence electrons. The van der Waals surface area contributed by atoms with Gasteiger partial charge in [0.15, 0.2) is 0 Å². The van der Waals surface area contributed by atoms with Crippen molar-refractivity contribution in [3.8, 4) is 0 Å². The maximum atomic E-state index is 3.67. The van der Waals surface area contributed by atoms with Crippen molar-refractivity contribution in [2.75, 3.05) is 0 Å². The maximum absolute atomic E-state index is 3.67. The molecule has 0 heterocycles. The van der Waals surface area contributed by atoms with Crippen molar-refractivity contribution in [3.63, 3.8) is 0 Å². The molecule has 0 nitrogen and oxygen atoms in total. The summed E-state index contributed by atoms with van der Waals surface area (Å²) < 4.78 is 3.67. The number of hydrogen-bond donors (Lipinski definition) is 0. The molecule has 0 fully saturated rings. The summed E-state index contributed by atoms with van der Waals surface area (Å²) >= 11 is 5.38. The van der Waals surface area contributed by atoms with Crippen LogP contribution in [0.4, 0.5) is 0 Å². The zero-order valence-electron chi connectivity index (χ0n) is 1.96. The molecular weight excluding hydrogens is 263 g/mol. The van der Waals surface area contributed by atoms with Crippen LogP contribution in [0.1, 0.15) is 0 Å². The normalized spacial score (nSPS) is 6.50. The van der Waals surface area contributed by atoms with Gasteiger partial charge < -0.3 is 0 Å². The Morgan fingerprint density at radius 1 is 1.50 bits per heavy atom. The van der Waals surface area contributed by atoms with Crippen LogP contribution in [0.15, 0.2) is 0 Å². The average molecular weight is 265 g/mol. The summed E-state index contributed by atoms with van der Waals surface area (Å²) in [6.45, 7) is 0. The van der Waals surface area contributed by atoms with E-state index in [2.05, 4.69) is 28.6 Å². The van der Waals surface area contributed by atoms with Crippen LogP contribution in [-0.4, -0.2) is 4.21 Å². The van der Waals surface area contributed by atoms with E-state index in [1.807, 2.05) is 0 Å². The van der Waals surface area contributed by atoms with E-state index in [0.29, 0.717) is 0 Å². The molecule has 0 rings (SSSR count). The molecule has 0 spiro atoms. The summed E-state index contributed by atoms with van der Waals surface area (Å²) in [5, 5.41) is 0. The van der Waals surface area contributed by atoms with Crippen molar-refractivity contribution in [2.24, 2.45) is 0 Å². The van der Waals surface area contributed by atoms with Gasteiger partial charge >= 0.3 is 45.2 Å². The van der Waals surface area contributed by atoms with E-state index < -0.39 is 16.6 Å². The van der Waals surface area contributed by atoms with Gasteiger partial charge in [-0.2, -0.15) is 0 Å². The molecule has 0 aromatic carbocycles. The Morgan fingerprint density at radius 2 is 1.50 bits per heavy atom. The molecule has 0 saturated carbocycles. The van der Waals surface area contributed by atoms with Crippen LogP contribution in [0.2, 0.25) is 0 Å². The van der Waals surface area contributed by atoms with E-state index in [1.165, 1.54) is 0 Å². The van der Waals surface area contributed by atoms with Gasteiger partial charge in [0, 0.05) is 0 Å². The Balaban J connectivity index is 2.80. The molecule has 0 bridgehead atoms. The Kier molecular flexibility index (Phi) is 4.18. The fourth-order valence-corrected chi connectivity index (χ4v) is 0. The standard InChI is InChI=1S/CH2.2BrH.Zr/h1H2;2*1H;/q;;;+2/p-2. The van der Waals surface area contributed by atoms with E-state index in [0.717, 1.165) is 0 Å². The summed E-state index contributed by atoms with van der Waals surface area (Å²) in [6, 6.07) is 0. The summed E-state index contributed by atoms with van der Waals surface area (Å²) in [6.07, 6.45) is 0. The third kappa shape index (κ3) is 9.31. The summed E-state index contributed by atoms with van der Waals surface area (Å²) in [5.41, 5.74) is 0. The SMILES string of the molecule is [CH2]=[Zr]([Br])[Br]. The molecule has 0 unspecified atom stereocenters. The molecule has 0 amide bonds. The van der Waals surface area contributed by atoms with Crippen LogP contribution in [0, 0.1) is 0 Å². The predicted molar refractivity (Wildman–Crippen MR) is 25.0 cm³/mol. The molecule has 0 aliphatic carbocycles. The number of rotatable bonds is 0. The Labute approximate surface area is 44.6 Å². The van der Waals surface area contributed by atoms with E-state index in [1.54, 1.807) is 0 Å². The van der Waals surface area contributed by atoms with Crippen LogP contribution >= 0.6 is 24.4 Å². The Bertz CT molecular complexity index is 29.0. The van der Waals surface area contributed by atoms with Gasteiger partial charge in [0.05, 0.1) is 0 Å². The first-order valence-corrected chi connectivity index (χ1v) is 13.7. The van der Waals surface area contributed by atoms with Crippen LogP contribution in [0.3, 0.4) is 0 Å². The molecule has 0 aromatic heterocycles. The van der Waals surface area contributed by atoms with E-state index in [4.69, 9.17) is 0 Å². The van der Waals surface area contributed by atoms with Gasteiger partial charge in [-0.1, -0.05) is 0 Å². The van der Waals surface area contributed by atoms with Crippen molar-refractivity contribution >= 4 is 28.6 Å². The van der Waals surface area contributed by atoms with Crippen LogP contribution < -0.4 is 0 Å². The fourth-order valence-electron chi connectivity index (χ4n) is 0. The molecule has 0 aromatic rings. The van der Waals surface area contributed by atoms with Gasteiger partial charge in [-0.3, -0.25) is 0 Å². The zero-order valence-corrected chi connectivity index (χ0v) is 7.59. The summed E-state index contributed by atoms with van der Waals surface area (Å²) in [4.78, 5) is 0. The second kappa shape index (κ2) is 2.93. The minimum atomic E-state index is -1.17. The van der Waals surface area contributed by atoms with Crippen molar-refractivity contribution < 1.29 is 16.6 Å². The topological polar surface area (TPSA) is 0 Å². The van der Waals surface area contributed by atoms with Crippen molar-refractivity contribution in [2.45, 2.75) is 0 Å². The van der Waals surface area contributed by atoms with Crippen LogP contribution in [0.25, 0.3) is 0 Å². The molecule has 0 saturated heterocycles. The van der Waals surface area contributed by atoms with Crippen molar-refractivity contribution in [1.29, 1.82) is 0 Å². The quantitative estimate of drug-likeness (QED) is 0.625. The second-order valence-corrected chi connectivity index (χ2v) is 19.6. The first-order chi connectivity index (χ1) is 1.73. The summed E-state index contributed by atoms with van der Waals surface area (Å²) in [7, 11) is 0. The fraction of sp³-hybridized carbons (Fsp3) is 0. The van der Waals surface area contributed by atoms with Gasteiger partial charge in [0.25, 0.3) is 0 Å². The number of hydrogen-bond acceptors (Lipinski definition) is 0. The van der Waals surface area contributed by atoms with Crippen LogP contribution in [0.5, 0.6) is 0 Å². The molecular formula is CH2Br2Zr. The molecule has 0 aliphatic rings. The van der Waals surface area contributed by atoms with Crippen molar-refractivity contribution in [1.82, 2.24) is 0 Å². The van der Waals surface area contributed by atoms with E-state index in [9.17, 15) is 0 Å². The monoisotopic (exact) mass is 262 g/mol. The third-order valence-electron chi connectivity index (χ3n) is 0. The molecule has 0 aliphatic heterocycles. The Morgan fingerprint density at radius 3 is 1.50 bits per heavy atom. The van der Waals surface area contributed by atoms with Gasteiger partial charge in [-0.05, 0) is 0 Å². The molecule has 4 heavy (non-hydrogen) atoms. The van der Waals surface area contributed by atoms with Gasteiger partial charge in [-0.25, -0.2) is 0 Å². The van der Waals surface area contributed by atoms with E-state index >= 15 is 0 Å². The van der Waals surface area contributed by atoms with Gasteiger partial charge in [-0.15, -0.1) is 0 Å². The van der Waals surface area contributed by atoms with Crippen LogP contribution in [-0.2, 0) is 16.6 Å². The minimum absolute atomic E-state index is 1.17. The third-order valence-corrected chi connectivity index (χ3v) is 0. The predicted octanol–water partition coefficient (Wildman–Crippen LogP) is 1.66.